The summed E-state index contributed by atoms with van der Waals surface area (Å²) in [5.41, 5.74) is 0. The van der Waals surface area contributed by atoms with Crippen LogP contribution in [-0.2, 0) is 9.59 Å². The van der Waals surface area contributed by atoms with Crippen LogP contribution in [0.5, 0.6) is 0 Å². The molecule has 1 fully saturated rings. The second-order valence-electron chi connectivity index (χ2n) is 5.61. The predicted octanol–water partition coefficient (Wildman–Crippen LogP) is 2.38. The lowest BCUT2D eigenvalue weighted by molar-refractivity contribution is -0.152. The Balaban J connectivity index is 2.75. The van der Waals surface area contributed by atoms with Crippen LogP contribution in [0.4, 0.5) is 0 Å². The molecule has 0 saturated heterocycles. The maximum atomic E-state index is 12.4. The molecule has 0 aromatic rings. The lowest BCUT2D eigenvalue weighted by Gasteiger charge is -2.33. The van der Waals surface area contributed by atoms with Gasteiger partial charge in [0.15, 0.2) is 0 Å². The predicted molar refractivity (Wildman–Crippen MR) is 70.2 cm³/mol. The average Bonchev–Trinajstić information content (AvgIpc) is 2.34. The van der Waals surface area contributed by atoms with Gasteiger partial charge in [-0.05, 0) is 25.7 Å². The average molecular weight is 255 g/mol. The van der Waals surface area contributed by atoms with Gasteiger partial charge in [-0.2, -0.15) is 0 Å². The Morgan fingerprint density at radius 2 is 1.78 bits per heavy atom. The van der Waals surface area contributed by atoms with Gasteiger partial charge in [-0.15, -0.1) is 0 Å². The third-order valence-corrected chi connectivity index (χ3v) is 3.68. The first-order valence-corrected chi connectivity index (χ1v) is 6.99. The second kappa shape index (κ2) is 6.76. The Hall–Kier alpha value is -1.06. The van der Waals surface area contributed by atoms with Crippen molar-refractivity contribution in [3.63, 3.8) is 0 Å². The smallest absolute Gasteiger partial charge is 0.307 e. The van der Waals surface area contributed by atoms with Crippen LogP contribution in [0.1, 0.15) is 46.5 Å². The van der Waals surface area contributed by atoms with E-state index in [9.17, 15) is 14.7 Å². The lowest BCUT2D eigenvalue weighted by atomic mass is 9.78. The number of hydrogen-bond donors (Lipinski definition) is 1. The Labute approximate surface area is 109 Å². The summed E-state index contributed by atoms with van der Waals surface area (Å²) in [7, 11) is 0. The number of carbonyl (C=O) groups is 2. The molecule has 18 heavy (non-hydrogen) atoms. The molecule has 1 saturated carbocycles. The normalized spacial score (nSPS) is 24.0. The summed E-state index contributed by atoms with van der Waals surface area (Å²) in [5.74, 6) is -1.14. The molecule has 1 N–H and O–H groups in total. The molecule has 2 unspecified atom stereocenters. The molecule has 0 aromatic heterocycles. The number of nitrogens with zero attached hydrogens (tertiary/aromatic N) is 1. The number of rotatable bonds is 5. The van der Waals surface area contributed by atoms with Crippen molar-refractivity contribution in [2.75, 3.05) is 13.1 Å². The third kappa shape index (κ3) is 3.72. The van der Waals surface area contributed by atoms with Gasteiger partial charge in [0.1, 0.15) is 0 Å². The van der Waals surface area contributed by atoms with Gasteiger partial charge in [-0.1, -0.05) is 26.7 Å². The van der Waals surface area contributed by atoms with Crippen molar-refractivity contribution < 1.29 is 14.7 Å². The highest BCUT2D eigenvalue weighted by atomic mass is 16.4. The molecule has 0 aliphatic heterocycles. The summed E-state index contributed by atoms with van der Waals surface area (Å²) in [6, 6.07) is 0. The van der Waals surface area contributed by atoms with Gasteiger partial charge in [0, 0.05) is 13.1 Å². The molecular formula is C14H25NO3. The van der Waals surface area contributed by atoms with Crippen LogP contribution in [0, 0.1) is 17.8 Å². The van der Waals surface area contributed by atoms with Crippen molar-refractivity contribution in [2.24, 2.45) is 17.8 Å². The number of carboxylic acids is 1. The lowest BCUT2D eigenvalue weighted by Crippen LogP contribution is -2.43. The highest BCUT2D eigenvalue weighted by Crippen LogP contribution is 2.31. The van der Waals surface area contributed by atoms with Crippen molar-refractivity contribution in [3.05, 3.63) is 0 Å². The number of carbonyl (C=O) groups excluding carboxylic acids is 1. The first-order valence-electron chi connectivity index (χ1n) is 6.99. The molecule has 4 heteroatoms. The standard InChI is InChI=1S/C14H25NO3/c1-4-15(9-10(2)3)13(16)11-7-5-6-8-12(11)14(17)18/h10-12H,4-9H2,1-3H3,(H,17,18). The molecule has 0 spiro atoms. The third-order valence-electron chi connectivity index (χ3n) is 3.68. The molecule has 2 atom stereocenters. The van der Waals surface area contributed by atoms with E-state index in [1.807, 2.05) is 11.8 Å². The zero-order valence-electron chi connectivity index (χ0n) is 11.7. The van der Waals surface area contributed by atoms with E-state index in [1.54, 1.807) is 0 Å². The fourth-order valence-electron chi connectivity index (χ4n) is 2.77. The van der Waals surface area contributed by atoms with Crippen molar-refractivity contribution in [3.8, 4) is 0 Å². The van der Waals surface area contributed by atoms with E-state index < -0.39 is 11.9 Å². The SMILES string of the molecule is CCN(CC(C)C)C(=O)C1CCCCC1C(=O)O. The van der Waals surface area contributed by atoms with Gasteiger partial charge in [-0.3, -0.25) is 9.59 Å². The van der Waals surface area contributed by atoms with E-state index in [0.29, 0.717) is 18.9 Å². The van der Waals surface area contributed by atoms with Gasteiger partial charge in [-0.25, -0.2) is 0 Å². The molecule has 1 aliphatic rings. The summed E-state index contributed by atoms with van der Waals surface area (Å²) in [6.07, 6.45) is 3.27. The van der Waals surface area contributed by atoms with Crippen LogP contribution in [0.3, 0.4) is 0 Å². The first kappa shape index (κ1) is 15.0. The molecule has 4 nitrogen and oxygen atoms in total. The quantitative estimate of drug-likeness (QED) is 0.820. The number of carboxylic acid groups (broad SMARTS) is 1. The minimum atomic E-state index is -0.811. The van der Waals surface area contributed by atoms with E-state index in [-0.39, 0.29) is 11.8 Å². The molecule has 0 bridgehead atoms. The zero-order chi connectivity index (χ0) is 13.7. The Morgan fingerprint density at radius 1 is 1.22 bits per heavy atom. The number of aliphatic carboxylic acids is 1. The van der Waals surface area contributed by atoms with Crippen LogP contribution in [0.2, 0.25) is 0 Å². The Morgan fingerprint density at radius 3 is 2.22 bits per heavy atom. The van der Waals surface area contributed by atoms with Gasteiger partial charge in [0.05, 0.1) is 11.8 Å². The van der Waals surface area contributed by atoms with E-state index >= 15 is 0 Å². The fraction of sp³-hybridized carbons (Fsp3) is 0.857. The highest BCUT2D eigenvalue weighted by Gasteiger charge is 2.37. The summed E-state index contributed by atoms with van der Waals surface area (Å²) < 4.78 is 0. The summed E-state index contributed by atoms with van der Waals surface area (Å²) in [6.45, 7) is 7.49. The molecule has 1 amide bonds. The van der Waals surface area contributed by atoms with Crippen LogP contribution in [0.25, 0.3) is 0 Å². The molecule has 0 heterocycles. The summed E-state index contributed by atoms with van der Waals surface area (Å²) in [4.78, 5) is 25.5. The highest BCUT2D eigenvalue weighted by molar-refractivity contribution is 5.85. The molecule has 0 aromatic carbocycles. The van der Waals surface area contributed by atoms with Gasteiger partial charge < -0.3 is 10.0 Å². The topological polar surface area (TPSA) is 57.6 Å². The van der Waals surface area contributed by atoms with E-state index in [1.165, 1.54) is 0 Å². The van der Waals surface area contributed by atoms with E-state index in [4.69, 9.17) is 0 Å². The monoisotopic (exact) mass is 255 g/mol. The van der Waals surface area contributed by atoms with Crippen molar-refractivity contribution in [1.82, 2.24) is 4.90 Å². The van der Waals surface area contributed by atoms with Crippen LogP contribution in [0.15, 0.2) is 0 Å². The second-order valence-corrected chi connectivity index (χ2v) is 5.61. The van der Waals surface area contributed by atoms with Gasteiger partial charge >= 0.3 is 5.97 Å². The first-order chi connectivity index (χ1) is 8.47. The largest absolute Gasteiger partial charge is 0.481 e. The summed E-state index contributed by atoms with van der Waals surface area (Å²) >= 11 is 0. The molecular weight excluding hydrogens is 230 g/mol. The minimum absolute atomic E-state index is 0.0401. The van der Waals surface area contributed by atoms with Crippen LogP contribution < -0.4 is 0 Å². The Bertz CT molecular complexity index is 301. The molecule has 1 aliphatic carbocycles. The van der Waals surface area contributed by atoms with Crippen molar-refractivity contribution in [2.45, 2.75) is 46.5 Å². The molecule has 104 valence electrons. The van der Waals surface area contributed by atoms with E-state index in [2.05, 4.69) is 13.8 Å². The number of amides is 1. The minimum Gasteiger partial charge on any atom is -0.481 e. The van der Waals surface area contributed by atoms with Gasteiger partial charge in [0.25, 0.3) is 0 Å². The van der Waals surface area contributed by atoms with Crippen molar-refractivity contribution >= 4 is 11.9 Å². The maximum absolute atomic E-state index is 12.4. The number of hydrogen-bond acceptors (Lipinski definition) is 2. The Kier molecular flexibility index (Phi) is 5.63. The molecule has 1 rings (SSSR count). The fourth-order valence-corrected chi connectivity index (χ4v) is 2.77. The summed E-state index contributed by atoms with van der Waals surface area (Å²) in [5, 5.41) is 9.22. The van der Waals surface area contributed by atoms with Gasteiger partial charge in [0.2, 0.25) is 5.91 Å². The van der Waals surface area contributed by atoms with Crippen LogP contribution >= 0.6 is 0 Å². The van der Waals surface area contributed by atoms with Crippen molar-refractivity contribution in [1.29, 1.82) is 0 Å². The zero-order valence-corrected chi connectivity index (χ0v) is 11.7. The van der Waals surface area contributed by atoms with Crippen LogP contribution in [-0.4, -0.2) is 35.0 Å². The maximum Gasteiger partial charge on any atom is 0.307 e. The molecule has 0 radical (unpaired) electrons. The van der Waals surface area contributed by atoms with E-state index in [0.717, 1.165) is 25.8 Å².